The third-order valence-corrected chi connectivity index (χ3v) is 4.57. The molecule has 1 aromatic carbocycles. The fourth-order valence-corrected chi connectivity index (χ4v) is 3.32. The second kappa shape index (κ2) is 6.62. The molecular weight excluding hydrogens is 334 g/mol. The fraction of sp³-hybridized carbons (Fsp3) is 0.333. The van der Waals surface area contributed by atoms with Crippen LogP contribution in [0.3, 0.4) is 0 Å². The molecule has 0 atom stereocenters. The summed E-state index contributed by atoms with van der Waals surface area (Å²) in [4.78, 5) is 25.1. The van der Waals surface area contributed by atoms with E-state index in [-0.39, 0.29) is 18.0 Å². The lowest BCUT2D eigenvalue weighted by Crippen LogP contribution is -2.31. The Hall–Kier alpha value is -3.16. The summed E-state index contributed by atoms with van der Waals surface area (Å²) in [6, 6.07) is 7.04. The number of anilines is 1. The summed E-state index contributed by atoms with van der Waals surface area (Å²) in [5, 5.41) is 11.3. The number of fused-ring (bicyclic) bond motifs is 3. The van der Waals surface area contributed by atoms with Crippen molar-refractivity contribution in [3.63, 3.8) is 0 Å². The number of aryl methyl sites for hydroxylation is 2. The Morgan fingerprint density at radius 2 is 2.15 bits per heavy atom. The van der Waals surface area contributed by atoms with Gasteiger partial charge in [0.1, 0.15) is 24.1 Å². The van der Waals surface area contributed by atoms with Gasteiger partial charge in [-0.3, -0.25) is 9.59 Å². The summed E-state index contributed by atoms with van der Waals surface area (Å²) in [6.07, 6.45) is 5.35. The van der Waals surface area contributed by atoms with Crippen LogP contribution in [0.1, 0.15) is 24.1 Å². The first-order valence-corrected chi connectivity index (χ1v) is 8.56. The lowest BCUT2D eigenvalue weighted by molar-refractivity contribution is -0.117. The van der Waals surface area contributed by atoms with E-state index in [0.717, 1.165) is 36.9 Å². The Kier molecular flexibility index (Phi) is 4.16. The molecule has 2 aromatic heterocycles. The number of carbonyl (C=O) groups excluding carboxylic acids is 1. The first-order chi connectivity index (χ1) is 12.7. The number of hydrogen-bond donors (Lipinski definition) is 1. The quantitative estimate of drug-likeness (QED) is 0.766. The highest BCUT2D eigenvalue weighted by Crippen LogP contribution is 2.22. The van der Waals surface area contributed by atoms with E-state index < -0.39 is 0 Å². The molecular formula is C18H19N5O3. The average Bonchev–Trinajstić information content (AvgIpc) is 3.03. The van der Waals surface area contributed by atoms with Gasteiger partial charge < -0.3 is 10.1 Å². The highest BCUT2D eigenvalue weighted by Gasteiger charge is 2.20. The largest absolute Gasteiger partial charge is 0.497 e. The standard InChI is InChI=1S/C18H19N5O3/c1-26-13-6-4-5-12(9-13)20-16(24)10-22-18(25)17-14-7-2-3-8-15(14)21-23(17)11-19-22/h4-6,9,11H,2-3,7-8,10H2,1H3,(H,20,24). The maximum Gasteiger partial charge on any atom is 0.293 e. The van der Waals surface area contributed by atoms with Crippen LogP contribution in [0.15, 0.2) is 35.4 Å². The van der Waals surface area contributed by atoms with Gasteiger partial charge in [0.05, 0.1) is 12.8 Å². The molecule has 1 amide bonds. The van der Waals surface area contributed by atoms with Crippen LogP contribution in [0.25, 0.3) is 5.52 Å². The summed E-state index contributed by atoms with van der Waals surface area (Å²) in [6.45, 7) is -0.160. The van der Waals surface area contributed by atoms with E-state index in [2.05, 4.69) is 15.5 Å². The van der Waals surface area contributed by atoms with Crippen molar-refractivity contribution < 1.29 is 9.53 Å². The molecule has 26 heavy (non-hydrogen) atoms. The van der Waals surface area contributed by atoms with E-state index in [1.807, 2.05) is 0 Å². The predicted octanol–water partition coefficient (Wildman–Crippen LogP) is 1.42. The van der Waals surface area contributed by atoms with Gasteiger partial charge in [-0.2, -0.15) is 10.2 Å². The minimum atomic E-state index is -0.328. The van der Waals surface area contributed by atoms with Gasteiger partial charge in [-0.05, 0) is 37.8 Å². The van der Waals surface area contributed by atoms with E-state index >= 15 is 0 Å². The van der Waals surface area contributed by atoms with Crippen LogP contribution in [-0.4, -0.2) is 32.4 Å². The molecule has 1 aliphatic rings. The maximum atomic E-state index is 12.8. The van der Waals surface area contributed by atoms with Gasteiger partial charge in [0.25, 0.3) is 5.56 Å². The number of aromatic nitrogens is 4. The molecule has 0 spiro atoms. The molecule has 1 aliphatic carbocycles. The molecule has 0 aliphatic heterocycles. The van der Waals surface area contributed by atoms with Crippen molar-refractivity contribution >= 4 is 17.1 Å². The lowest BCUT2D eigenvalue weighted by Gasteiger charge is -2.09. The van der Waals surface area contributed by atoms with Crippen molar-refractivity contribution in [2.45, 2.75) is 32.2 Å². The molecule has 0 bridgehead atoms. The van der Waals surface area contributed by atoms with E-state index in [9.17, 15) is 9.59 Å². The molecule has 0 radical (unpaired) electrons. The predicted molar refractivity (Wildman–Crippen MR) is 95.5 cm³/mol. The SMILES string of the molecule is COc1cccc(NC(=O)Cn2ncn3nc4c(c3c2=O)CCCC4)c1. The molecule has 2 heterocycles. The molecule has 1 N–H and O–H groups in total. The van der Waals surface area contributed by atoms with Crippen LogP contribution in [-0.2, 0) is 24.2 Å². The van der Waals surface area contributed by atoms with Crippen molar-refractivity contribution in [2.24, 2.45) is 0 Å². The average molecular weight is 353 g/mol. The Bertz CT molecular complexity index is 1040. The highest BCUT2D eigenvalue weighted by molar-refractivity contribution is 5.90. The minimum Gasteiger partial charge on any atom is -0.497 e. The van der Waals surface area contributed by atoms with E-state index in [1.54, 1.807) is 31.4 Å². The van der Waals surface area contributed by atoms with Crippen LogP contribution in [0.2, 0.25) is 0 Å². The molecule has 0 unspecified atom stereocenters. The number of nitrogens with zero attached hydrogens (tertiary/aromatic N) is 4. The van der Waals surface area contributed by atoms with Gasteiger partial charge in [0.15, 0.2) is 0 Å². The first-order valence-electron chi connectivity index (χ1n) is 8.56. The van der Waals surface area contributed by atoms with Crippen molar-refractivity contribution in [3.05, 3.63) is 52.2 Å². The van der Waals surface area contributed by atoms with E-state index in [0.29, 0.717) is 17.0 Å². The number of hydrogen-bond acceptors (Lipinski definition) is 5. The first kappa shape index (κ1) is 16.3. The number of methoxy groups -OCH3 is 1. The third kappa shape index (κ3) is 2.94. The zero-order valence-corrected chi connectivity index (χ0v) is 14.4. The number of ether oxygens (including phenoxy) is 1. The molecule has 0 saturated carbocycles. The zero-order chi connectivity index (χ0) is 18.1. The fourth-order valence-electron chi connectivity index (χ4n) is 3.32. The van der Waals surface area contributed by atoms with Crippen molar-refractivity contribution in [1.82, 2.24) is 19.4 Å². The topological polar surface area (TPSA) is 90.5 Å². The van der Waals surface area contributed by atoms with Crippen LogP contribution in [0.4, 0.5) is 5.69 Å². The van der Waals surface area contributed by atoms with Gasteiger partial charge >= 0.3 is 0 Å². The molecule has 0 fully saturated rings. The van der Waals surface area contributed by atoms with Crippen molar-refractivity contribution in [2.75, 3.05) is 12.4 Å². The second-order valence-electron chi connectivity index (χ2n) is 6.30. The van der Waals surface area contributed by atoms with Gasteiger partial charge in [-0.1, -0.05) is 6.07 Å². The number of benzene rings is 1. The van der Waals surface area contributed by atoms with E-state index in [1.165, 1.54) is 15.5 Å². The normalized spacial score (nSPS) is 13.4. The number of nitrogens with one attached hydrogen (secondary N) is 1. The Balaban J connectivity index is 1.59. The Morgan fingerprint density at radius 1 is 1.31 bits per heavy atom. The van der Waals surface area contributed by atoms with Gasteiger partial charge in [0.2, 0.25) is 5.91 Å². The van der Waals surface area contributed by atoms with Gasteiger partial charge in [-0.25, -0.2) is 9.20 Å². The third-order valence-electron chi connectivity index (χ3n) is 4.57. The summed E-state index contributed by atoms with van der Waals surface area (Å²) in [5.74, 6) is 0.316. The van der Waals surface area contributed by atoms with Crippen LogP contribution >= 0.6 is 0 Å². The van der Waals surface area contributed by atoms with Crippen molar-refractivity contribution in [3.8, 4) is 5.75 Å². The molecule has 134 valence electrons. The minimum absolute atomic E-state index is 0.160. The molecule has 8 heteroatoms. The Labute approximate surface area is 149 Å². The van der Waals surface area contributed by atoms with Crippen LogP contribution < -0.4 is 15.6 Å². The number of amides is 1. The number of rotatable bonds is 4. The van der Waals surface area contributed by atoms with Crippen molar-refractivity contribution in [1.29, 1.82) is 0 Å². The maximum absolute atomic E-state index is 12.8. The molecule has 3 aromatic rings. The zero-order valence-electron chi connectivity index (χ0n) is 14.4. The molecule has 4 rings (SSSR count). The monoisotopic (exact) mass is 353 g/mol. The smallest absolute Gasteiger partial charge is 0.293 e. The van der Waals surface area contributed by atoms with E-state index in [4.69, 9.17) is 4.74 Å². The summed E-state index contributed by atoms with van der Waals surface area (Å²) < 4.78 is 7.86. The summed E-state index contributed by atoms with van der Waals surface area (Å²) in [5.41, 5.74) is 2.80. The van der Waals surface area contributed by atoms with Gasteiger partial charge in [-0.15, -0.1) is 0 Å². The van der Waals surface area contributed by atoms with Gasteiger partial charge in [0, 0.05) is 17.3 Å². The summed E-state index contributed by atoms with van der Waals surface area (Å²) >= 11 is 0. The molecule has 0 saturated heterocycles. The lowest BCUT2D eigenvalue weighted by atomic mass is 9.97. The number of carbonyl (C=O) groups is 1. The summed E-state index contributed by atoms with van der Waals surface area (Å²) in [7, 11) is 1.56. The highest BCUT2D eigenvalue weighted by atomic mass is 16.5. The second-order valence-corrected chi connectivity index (χ2v) is 6.30. The van der Waals surface area contributed by atoms with Crippen LogP contribution in [0.5, 0.6) is 5.75 Å². The van der Waals surface area contributed by atoms with Crippen LogP contribution in [0, 0.1) is 0 Å². The Morgan fingerprint density at radius 3 is 3.00 bits per heavy atom. The molecule has 8 nitrogen and oxygen atoms in total.